The van der Waals surface area contributed by atoms with E-state index in [-0.39, 0.29) is 24.8 Å². The molecule has 0 saturated heterocycles. The van der Waals surface area contributed by atoms with Gasteiger partial charge in [0.15, 0.2) is 0 Å². The highest BCUT2D eigenvalue weighted by Crippen LogP contribution is 2.43. The average Bonchev–Trinajstić information content (AvgIpc) is 2.56. The second-order valence-electron chi connectivity index (χ2n) is 4.59. The molecule has 0 aromatic heterocycles. The Hall–Kier alpha value is -1.10. The largest absolute Gasteiger partial charge is 0.324 e. The Bertz CT molecular complexity index is 399. The summed E-state index contributed by atoms with van der Waals surface area (Å²) >= 11 is 0. The number of hydrogen-bond donors (Lipinski definition) is 1. The van der Waals surface area contributed by atoms with E-state index in [4.69, 9.17) is 5.73 Å². The quantitative estimate of drug-likeness (QED) is 0.796. The number of alkyl halides is 2. The zero-order valence-corrected chi connectivity index (χ0v) is 9.10. The van der Waals surface area contributed by atoms with Gasteiger partial charge < -0.3 is 5.73 Å². The molecule has 0 radical (unpaired) electrons. The number of halogens is 4. The van der Waals surface area contributed by atoms with E-state index in [0.29, 0.717) is 0 Å². The van der Waals surface area contributed by atoms with Gasteiger partial charge in [0.2, 0.25) is 5.92 Å². The lowest BCUT2D eigenvalue weighted by molar-refractivity contribution is 0.00390. The van der Waals surface area contributed by atoms with Gasteiger partial charge in [-0.05, 0) is 30.0 Å². The molecule has 0 spiro atoms. The first-order chi connectivity index (χ1) is 7.87. The summed E-state index contributed by atoms with van der Waals surface area (Å²) < 4.78 is 52.0. The Kier molecular flexibility index (Phi) is 3.12. The third-order valence-electron chi connectivity index (χ3n) is 3.22. The molecule has 1 nitrogen and oxygen atoms in total. The zero-order chi connectivity index (χ0) is 12.6. The van der Waals surface area contributed by atoms with Gasteiger partial charge in [0.25, 0.3) is 0 Å². The van der Waals surface area contributed by atoms with Crippen molar-refractivity contribution < 1.29 is 17.6 Å². The van der Waals surface area contributed by atoms with Crippen molar-refractivity contribution in [3.8, 4) is 0 Å². The van der Waals surface area contributed by atoms with E-state index in [0.717, 1.165) is 18.2 Å². The summed E-state index contributed by atoms with van der Waals surface area (Å²) in [7, 11) is 0. The van der Waals surface area contributed by atoms with Crippen molar-refractivity contribution in [2.75, 3.05) is 0 Å². The summed E-state index contributed by atoms with van der Waals surface area (Å²) in [4.78, 5) is 0. The Labute approximate surface area is 96.6 Å². The highest BCUT2D eigenvalue weighted by atomic mass is 19.3. The van der Waals surface area contributed by atoms with Crippen LogP contribution >= 0.6 is 0 Å². The fourth-order valence-corrected chi connectivity index (χ4v) is 2.33. The Morgan fingerprint density at radius 1 is 1.18 bits per heavy atom. The van der Waals surface area contributed by atoms with Crippen LogP contribution in [0.15, 0.2) is 18.2 Å². The highest BCUT2D eigenvalue weighted by Gasteiger charge is 2.42. The first kappa shape index (κ1) is 12.4. The van der Waals surface area contributed by atoms with Crippen LogP contribution in [0.25, 0.3) is 0 Å². The van der Waals surface area contributed by atoms with E-state index in [9.17, 15) is 17.6 Å². The Morgan fingerprint density at radius 2 is 1.76 bits per heavy atom. The Balaban J connectivity index is 2.17. The van der Waals surface area contributed by atoms with Gasteiger partial charge in [-0.15, -0.1) is 0 Å². The second-order valence-corrected chi connectivity index (χ2v) is 4.59. The van der Waals surface area contributed by atoms with Crippen LogP contribution in [-0.4, -0.2) is 5.92 Å². The van der Waals surface area contributed by atoms with Crippen molar-refractivity contribution in [2.45, 2.75) is 31.2 Å². The molecule has 1 fully saturated rings. The van der Waals surface area contributed by atoms with Crippen molar-refractivity contribution in [3.05, 3.63) is 35.4 Å². The van der Waals surface area contributed by atoms with Gasteiger partial charge in [-0.2, -0.15) is 0 Å². The molecular formula is C12H13F4N. The molecule has 1 saturated carbocycles. The molecule has 0 aliphatic heterocycles. The summed E-state index contributed by atoms with van der Waals surface area (Å²) in [6.07, 6.45) is -0.234. The lowest BCUT2D eigenvalue weighted by Crippen LogP contribution is -2.21. The van der Waals surface area contributed by atoms with Crippen LogP contribution in [-0.2, 0) is 0 Å². The maximum Gasteiger partial charge on any atom is 0.248 e. The predicted octanol–water partition coefficient (Wildman–Crippen LogP) is 3.40. The summed E-state index contributed by atoms with van der Waals surface area (Å²) in [5.41, 5.74) is 6.03. The predicted molar refractivity (Wildman–Crippen MR) is 55.6 cm³/mol. The third kappa shape index (κ3) is 2.77. The topological polar surface area (TPSA) is 26.0 Å². The highest BCUT2D eigenvalue weighted by molar-refractivity contribution is 5.22. The van der Waals surface area contributed by atoms with Crippen LogP contribution < -0.4 is 5.73 Å². The fraction of sp³-hybridized carbons (Fsp3) is 0.500. The minimum Gasteiger partial charge on any atom is -0.324 e. The van der Waals surface area contributed by atoms with E-state index in [1.165, 1.54) is 0 Å². The standard InChI is InChI=1S/C12H13F4N/c13-9-3-8(4-10(14)5-9)11(17)7-1-2-12(15,16)6-7/h3-5,7,11H,1-2,6,17H2. The molecule has 17 heavy (non-hydrogen) atoms. The van der Waals surface area contributed by atoms with Crippen LogP contribution in [0.3, 0.4) is 0 Å². The summed E-state index contributed by atoms with van der Waals surface area (Å²) in [5.74, 6) is -4.60. The van der Waals surface area contributed by atoms with Gasteiger partial charge in [-0.25, -0.2) is 17.6 Å². The van der Waals surface area contributed by atoms with E-state index in [1.54, 1.807) is 0 Å². The van der Waals surface area contributed by atoms with Crippen molar-refractivity contribution in [3.63, 3.8) is 0 Å². The Morgan fingerprint density at radius 3 is 2.24 bits per heavy atom. The molecule has 1 aliphatic carbocycles. The lowest BCUT2D eigenvalue weighted by atomic mass is 9.92. The number of benzene rings is 1. The second kappa shape index (κ2) is 4.29. The molecule has 0 bridgehead atoms. The summed E-state index contributed by atoms with van der Waals surface area (Å²) in [5, 5.41) is 0. The van der Waals surface area contributed by atoms with Gasteiger partial charge in [0.1, 0.15) is 11.6 Å². The van der Waals surface area contributed by atoms with E-state index >= 15 is 0 Å². The van der Waals surface area contributed by atoms with Gasteiger partial charge in [0, 0.05) is 24.9 Å². The maximum atomic E-state index is 13.0. The van der Waals surface area contributed by atoms with Gasteiger partial charge in [0.05, 0.1) is 0 Å². The van der Waals surface area contributed by atoms with Crippen LogP contribution in [0.4, 0.5) is 17.6 Å². The maximum absolute atomic E-state index is 13.0. The SMILES string of the molecule is NC(c1cc(F)cc(F)c1)C1CCC(F)(F)C1. The third-order valence-corrected chi connectivity index (χ3v) is 3.22. The molecule has 1 aliphatic rings. The fourth-order valence-electron chi connectivity index (χ4n) is 2.33. The van der Waals surface area contributed by atoms with Crippen LogP contribution in [0.2, 0.25) is 0 Å². The average molecular weight is 247 g/mol. The van der Waals surface area contributed by atoms with Crippen LogP contribution in [0.1, 0.15) is 30.9 Å². The lowest BCUT2D eigenvalue weighted by Gasteiger charge is -2.19. The number of nitrogens with two attached hydrogens (primary N) is 1. The van der Waals surface area contributed by atoms with E-state index in [1.807, 2.05) is 0 Å². The molecule has 2 rings (SSSR count). The molecule has 0 amide bonds. The van der Waals surface area contributed by atoms with E-state index < -0.39 is 29.5 Å². The zero-order valence-electron chi connectivity index (χ0n) is 9.10. The molecular weight excluding hydrogens is 234 g/mol. The van der Waals surface area contributed by atoms with Crippen molar-refractivity contribution >= 4 is 0 Å². The van der Waals surface area contributed by atoms with Crippen molar-refractivity contribution in [1.29, 1.82) is 0 Å². The monoisotopic (exact) mass is 247 g/mol. The molecule has 94 valence electrons. The van der Waals surface area contributed by atoms with Crippen LogP contribution in [0.5, 0.6) is 0 Å². The van der Waals surface area contributed by atoms with Gasteiger partial charge in [-0.3, -0.25) is 0 Å². The number of hydrogen-bond acceptors (Lipinski definition) is 1. The first-order valence-electron chi connectivity index (χ1n) is 5.47. The van der Waals surface area contributed by atoms with Crippen molar-refractivity contribution in [1.82, 2.24) is 0 Å². The molecule has 2 N–H and O–H groups in total. The van der Waals surface area contributed by atoms with Gasteiger partial charge in [-0.1, -0.05) is 0 Å². The minimum absolute atomic E-state index is 0.205. The van der Waals surface area contributed by atoms with Gasteiger partial charge >= 0.3 is 0 Å². The molecule has 2 atom stereocenters. The molecule has 1 aromatic carbocycles. The first-order valence-corrected chi connectivity index (χ1v) is 5.47. The number of rotatable bonds is 2. The summed E-state index contributed by atoms with van der Waals surface area (Å²) in [6, 6.07) is 2.20. The minimum atomic E-state index is -2.70. The summed E-state index contributed by atoms with van der Waals surface area (Å²) in [6.45, 7) is 0. The smallest absolute Gasteiger partial charge is 0.248 e. The molecule has 1 aromatic rings. The molecule has 0 heterocycles. The van der Waals surface area contributed by atoms with Crippen LogP contribution in [0, 0.1) is 17.6 Å². The normalized spacial score (nSPS) is 24.9. The van der Waals surface area contributed by atoms with Crippen molar-refractivity contribution in [2.24, 2.45) is 11.7 Å². The molecule has 2 unspecified atom stereocenters. The molecule has 5 heteroatoms. The van der Waals surface area contributed by atoms with E-state index in [2.05, 4.69) is 0 Å².